The van der Waals surface area contributed by atoms with E-state index in [1.165, 1.54) is 38.2 Å². The van der Waals surface area contributed by atoms with Gasteiger partial charge in [0.1, 0.15) is 17.7 Å². The molecule has 0 spiro atoms. The Labute approximate surface area is 198 Å². The maximum Gasteiger partial charge on any atom is 0.146 e. The Kier molecular flexibility index (Phi) is 6.41. The minimum atomic E-state index is -0.448. The molecule has 0 aliphatic carbocycles. The number of hydrogen-bond acceptors (Lipinski definition) is 6. The largest absolute Gasteiger partial charge is 0.362 e. The molecule has 0 amide bonds. The minimum Gasteiger partial charge on any atom is -0.362 e. The second-order valence-electron chi connectivity index (χ2n) is 8.97. The van der Waals surface area contributed by atoms with Crippen molar-refractivity contribution < 1.29 is 4.39 Å². The van der Waals surface area contributed by atoms with E-state index < -0.39 is 6.04 Å². The van der Waals surface area contributed by atoms with E-state index in [4.69, 9.17) is 0 Å². The molecule has 2 aliphatic heterocycles. The number of rotatable bonds is 5. The van der Waals surface area contributed by atoms with Gasteiger partial charge in [0, 0.05) is 27.3 Å². The average Bonchev–Trinajstić information content (AvgIpc) is 3.22. The molecule has 4 nitrogen and oxygen atoms in total. The van der Waals surface area contributed by atoms with Crippen LogP contribution in [0.25, 0.3) is 0 Å². The predicted molar refractivity (Wildman–Crippen MR) is 136 cm³/mol. The summed E-state index contributed by atoms with van der Waals surface area (Å²) < 4.78 is 14.7. The highest BCUT2D eigenvalue weighted by molar-refractivity contribution is 7.12. The summed E-state index contributed by atoms with van der Waals surface area (Å²) in [6, 6.07) is -0.301. The fraction of sp³-hybridized carbons (Fsp3) is 0.440. The van der Waals surface area contributed by atoms with Crippen molar-refractivity contribution in [1.29, 1.82) is 0 Å². The Morgan fingerprint density at radius 2 is 1.69 bits per heavy atom. The van der Waals surface area contributed by atoms with Gasteiger partial charge in [-0.3, -0.25) is 0 Å². The zero-order valence-corrected chi connectivity index (χ0v) is 21.4. The summed E-state index contributed by atoms with van der Waals surface area (Å²) in [4.78, 5) is 12.5. The third kappa shape index (κ3) is 4.20. The number of hydrogen-bond donors (Lipinski definition) is 2. The summed E-state index contributed by atoms with van der Waals surface area (Å²) in [5, 5.41) is 9.04. The second kappa shape index (κ2) is 8.94. The Balaban J connectivity index is 1.60. The van der Waals surface area contributed by atoms with Gasteiger partial charge in [-0.15, -0.1) is 22.7 Å². The first-order valence-corrected chi connectivity index (χ1v) is 12.7. The first-order chi connectivity index (χ1) is 15.2. The summed E-state index contributed by atoms with van der Waals surface area (Å²) in [5.41, 5.74) is 6.24. The van der Waals surface area contributed by atoms with Crippen molar-refractivity contribution in [2.45, 2.75) is 67.0 Å². The lowest BCUT2D eigenvalue weighted by Gasteiger charge is -2.27. The van der Waals surface area contributed by atoms with Gasteiger partial charge in [-0.25, -0.2) is 14.4 Å². The molecule has 2 unspecified atom stereocenters. The van der Waals surface area contributed by atoms with E-state index in [9.17, 15) is 4.39 Å². The number of aryl methyl sites for hydroxylation is 1. The SMILES string of the molecule is CC1=NC=C(C(C)C)C(c2sc(CC3=NC=C(F)C(c4scc(C)c4C)N3)c(C)c2C)N1. The highest BCUT2D eigenvalue weighted by Gasteiger charge is 2.29. The molecule has 2 atom stereocenters. The van der Waals surface area contributed by atoms with Crippen LogP contribution >= 0.6 is 22.7 Å². The van der Waals surface area contributed by atoms with Crippen molar-refractivity contribution in [3.05, 3.63) is 66.1 Å². The van der Waals surface area contributed by atoms with Gasteiger partial charge in [0.2, 0.25) is 0 Å². The van der Waals surface area contributed by atoms with Crippen molar-refractivity contribution >= 4 is 34.3 Å². The van der Waals surface area contributed by atoms with Crippen molar-refractivity contribution in [2.24, 2.45) is 15.9 Å². The van der Waals surface area contributed by atoms with Gasteiger partial charge in [-0.1, -0.05) is 13.8 Å². The van der Waals surface area contributed by atoms with Crippen molar-refractivity contribution in [3.8, 4) is 0 Å². The smallest absolute Gasteiger partial charge is 0.146 e. The van der Waals surface area contributed by atoms with Crippen molar-refractivity contribution in [1.82, 2.24) is 10.6 Å². The van der Waals surface area contributed by atoms with Gasteiger partial charge >= 0.3 is 0 Å². The van der Waals surface area contributed by atoms with E-state index in [1.807, 2.05) is 24.5 Å². The molecule has 2 aromatic heterocycles. The Hall–Kier alpha value is -2.25. The van der Waals surface area contributed by atoms with E-state index >= 15 is 0 Å². The molecule has 0 saturated heterocycles. The van der Waals surface area contributed by atoms with Crippen molar-refractivity contribution in [3.63, 3.8) is 0 Å². The van der Waals surface area contributed by atoms with Crippen molar-refractivity contribution in [2.75, 3.05) is 0 Å². The van der Waals surface area contributed by atoms with Crippen LogP contribution in [0, 0.1) is 33.6 Å². The molecule has 2 N–H and O–H groups in total. The molecule has 7 heteroatoms. The number of amidine groups is 2. The third-order valence-electron chi connectivity index (χ3n) is 6.45. The van der Waals surface area contributed by atoms with Gasteiger partial charge in [-0.2, -0.15) is 0 Å². The third-order valence-corrected chi connectivity index (χ3v) is 9.18. The topological polar surface area (TPSA) is 48.8 Å². The molecule has 0 aromatic carbocycles. The lowest BCUT2D eigenvalue weighted by atomic mass is 9.92. The fourth-order valence-corrected chi connectivity index (χ4v) is 6.66. The molecule has 2 aromatic rings. The van der Waals surface area contributed by atoms with Crippen LogP contribution in [-0.4, -0.2) is 11.7 Å². The summed E-state index contributed by atoms with van der Waals surface area (Å²) in [5.74, 6) is 1.93. The quantitative estimate of drug-likeness (QED) is 0.508. The van der Waals surface area contributed by atoms with E-state index in [2.05, 4.69) is 67.5 Å². The van der Waals surface area contributed by atoms with E-state index in [0.29, 0.717) is 12.3 Å². The molecule has 2 aliphatic rings. The summed E-state index contributed by atoms with van der Waals surface area (Å²) in [6.07, 6.45) is 4.07. The number of nitrogens with zero attached hydrogens (tertiary/aromatic N) is 2. The Morgan fingerprint density at radius 1 is 0.938 bits per heavy atom. The van der Waals surface area contributed by atoms with Crippen LogP contribution in [0.4, 0.5) is 4.39 Å². The lowest BCUT2D eigenvalue weighted by Crippen LogP contribution is -2.32. The maximum absolute atomic E-state index is 14.7. The van der Waals surface area contributed by atoms with Crippen LogP contribution in [0.5, 0.6) is 0 Å². The van der Waals surface area contributed by atoms with Crippen LogP contribution in [0.3, 0.4) is 0 Å². The molecule has 32 heavy (non-hydrogen) atoms. The highest BCUT2D eigenvalue weighted by atomic mass is 32.1. The van der Waals surface area contributed by atoms with Gasteiger partial charge in [-0.05, 0) is 73.7 Å². The minimum absolute atomic E-state index is 0.146. The van der Waals surface area contributed by atoms with Crippen LogP contribution < -0.4 is 10.6 Å². The average molecular weight is 471 g/mol. The molecule has 0 saturated carbocycles. The van der Waals surface area contributed by atoms with E-state index in [0.717, 1.165) is 22.1 Å². The second-order valence-corrected chi connectivity index (χ2v) is 11.0. The Bertz CT molecular complexity index is 1160. The monoisotopic (exact) mass is 470 g/mol. The molecular formula is C25H31FN4S2. The van der Waals surface area contributed by atoms with E-state index in [-0.39, 0.29) is 11.9 Å². The summed E-state index contributed by atoms with van der Waals surface area (Å²) >= 11 is 3.43. The maximum atomic E-state index is 14.7. The van der Waals surface area contributed by atoms with E-state index in [1.54, 1.807) is 11.3 Å². The standard InChI is InChI=1S/C25H31FN4S2/c1-12(2)18-9-27-17(7)29-22(18)25-16(6)15(5)20(32-25)8-21-28-10-19(26)23(30-21)24-14(4)13(3)11-31-24/h9-12,22-23H,8H2,1-7H3,(H,27,29)(H,28,30). The fourth-order valence-electron chi connectivity index (χ4n) is 4.13. The normalized spacial score (nSPS) is 20.9. The number of halogens is 1. The van der Waals surface area contributed by atoms with Crippen LogP contribution in [0.1, 0.15) is 69.7 Å². The van der Waals surface area contributed by atoms with Gasteiger partial charge in [0.25, 0.3) is 0 Å². The van der Waals surface area contributed by atoms with Crippen LogP contribution in [-0.2, 0) is 6.42 Å². The Morgan fingerprint density at radius 3 is 2.34 bits per heavy atom. The lowest BCUT2D eigenvalue weighted by molar-refractivity contribution is 0.518. The van der Waals surface area contributed by atoms with Gasteiger partial charge in [0.05, 0.1) is 18.1 Å². The zero-order valence-electron chi connectivity index (χ0n) is 19.8. The molecule has 0 fully saturated rings. The summed E-state index contributed by atoms with van der Waals surface area (Å²) in [7, 11) is 0. The predicted octanol–water partition coefficient (Wildman–Crippen LogP) is 6.74. The first kappa shape index (κ1) is 22.9. The van der Waals surface area contributed by atoms with Gasteiger partial charge < -0.3 is 10.6 Å². The van der Waals surface area contributed by atoms with Crippen LogP contribution in [0.2, 0.25) is 0 Å². The number of nitrogens with one attached hydrogen (secondary N) is 2. The number of aliphatic imine (C=N–C) groups is 2. The first-order valence-electron chi connectivity index (χ1n) is 11.0. The highest BCUT2D eigenvalue weighted by Crippen LogP contribution is 2.39. The summed E-state index contributed by atoms with van der Waals surface area (Å²) in [6.45, 7) is 14.9. The zero-order chi connectivity index (χ0) is 23.2. The molecule has 4 rings (SSSR count). The molecule has 170 valence electrons. The molecule has 4 heterocycles. The molecule has 0 bridgehead atoms. The molecule has 0 radical (unpaired) electrons. The molecular weight excluding hydrogens is 439 g/mol. The van der Waals surface area contributed by atoms with Gasteiger partial charge in [0.15, 0.2) is 0 Å². The van der Waals surface area contributed by atoms with Crippen LogP contribution in [0.15, 0.2) is 39.2 Å². The number of thiophene rings is 2.